The van der Waals surface area contributed by atoms with Gasteiger partial charge in [-0.25, -0.2) is 14.4 Å². The van der Waals surface area contributed by atoms with Gasteiger partial charge in [-0.05, 0) is 54.1 Å². The zero-order valence-corrected chi connectivity index (χ0v) is 13.2. The van der Waals surface area contributed by atoms with Crippen LogP contribution in [0.4, 0.5) is 16.0 Å². The van der Waals surface area contributed by atoms with E-state index < -0.39 is 0 Å². The minimum absolute atomic E-state index is 0.296. The van der Waals surface area contributed by atoms with Gasteiger partial charge in [0.25, 0.3) is 0 Å². The number of hydrogen-bond donors (Lipinski definition) is 1. The highest BCUT2D eigenvalue weighted by molar-refractivity contribution is 5.79. The van der Waals surface area contributed by atoms with Crippen molar-refractivity contribution < 1.29 is 8.81 Å². The summed E-state index contributed by atoms with van der Waals surface area (Å²) in [6, 6.07) is 16.1. The maximum absolute atomic E-state index is 13.2. The van der Waals surface area contributed by atoms with Gasteiger partial charge >= 0.3 is 0 Å². The Morgan fingerprint density at radius 2 is 1.88 bits per heavy atom. The highest BCUT2D eigenvalue weighted by atomic mass is 19.1. The van der Waals surface area contributed by atoms with Crippen LogP contribution in [0.25, 0.3) is 23.1 Å². The van der Waals surface area contributed by atoms with Crippen molar-refractivity contribution in [3.8, 4) is 0 Å². The average molecular weight is 331 g/mol. The molecule has 0 unspecified atom stereocenters. The second-order valence-corrected chi connectivity index (χ2v) is 5.49. The Bertz CT molecular complexity index is 1020. The van der Waals surface area contributed by atoms with Crippen molar-refractivity contribution in [2.45, 2.75) is 0 Å². The van der Waals surface area contributed by atoms with E-state index in [-0.39, 0.29) is 5.82 Å². The third-order valence-corrected chi connectivity index (χ3v) is 3.69. The maximum Gasteiger partial charge on any atom is 0.227 e. The lowest BCUT2D eigenvalue weighted by atomic mass is 10.2. The molecule has 2 heterocycles. The van der Waals surface area contributed by atoms with Crippen LogP contribution in [0.3, 0.4) is 0 Å². The van der Waals surface area contributed by atoms with Crippen LogP contribution in [0.2, 0.25) is 0 Å². The molecular weight excluding hydrogens is 317 g/mol. The molecular formula is C20H14FN3O. The van der Waals surface area contributed by atoms with Gasteiger partial charge in [0, 0.05) is 17.3 Å². The molecule has 0 bridgehead atoms. The number of nitrogens with one attached hydrogen (secondary N) is 1. The van der Waals surface area contributed by atoms with Crippen LogP contribution in [0.1, 0.15) is 11.3 Å². The molecule has 0 spiro atoms. The number of fused-ring (bicyclic) bond motifs is 1. The van der Waals surface area contributed by atoms with Crippen LogP contribution < -0.4 is 5.32 Å². The molecule has 0 radical (unpaired) electrons. The van der Waals surface area contributed by atoms with Crippen LogP contribution in [0.5, 0.6) is 0 Å². The summed E-state index contributed by atoms with van der Waals surface area (Å²) >= 11 is 0. The summed E-state index contributed by atoms with van der Waals surface area (Å²) < 4.78 is 18.5. The Balaban J connectivity index is 1.50. The molecule has 0 fully saturated rings. The van der Waals surface area contributed by atoms with Crippen LogP contribution in [0, 0.1) is 5.82 Å². The number of benzene rings is 2. The fraction of sp³-hybridized carbons (Fsp3) is 0. The molecule has 4 rings (SSSR count). The summed E-state index contributed by atoms with van der Waals surface area (Å²) in [6.45, 7) is 0. The van der Waals surface area contributed by atoms with Gasteiger partial charge in [0.15, 0.2) is 0 Å². The predicted molar refractivity (Wildman–Crippen MR) is 96.9 cm³/mol. The average Bonchev–Trinajstić information content (AvgIpc) is 3.15. The number of rotatable bonds is 4. The molecule has 2 aromatic heterocycles. The van der Waals surface area contributed by atoms with Gasteiger partial charge in [-0.1, -0.05) is 18.2 Å². The van der Waals surface area contributed by atoms with E-state index in [1.165, 1.54) is 12.1 Å². The molecule has 0 aliphatic heterocycles. The Kier molecular flexibility index (Phi) is 3.96. The maximum atomic E-state index is 13.2. The molecule has 0 aliphatic carbocycles. The van der Waals surface area contributed by atoms with E-state index in [1.54, 1.807) is 18.5 Å². The fourth-order valence-electron chi connectivity index (χ4n) is 2.44. The van der Waals surface area contributed by atoms with E-state index in [1.807, 2.05) is 48.6 Å². The molecule has 5 heteroatoms. The lowest BCUT2D eigenvalue weighted by Gasteiger charge is -2.06. The van der Waals surface area contributed by atoms with Crippen LogP contribution in [-0.4, -0.2) is 9.97 Å². The number of hydrogen-bond acceptors (Lipinski definition) is 4. The van der Waals surface area contributed by atoms with Crippen LogP contribution in [0.15, 0.2) is 71.5 Å². The van der Waals surface area contributed by atoms with Gasteiger partial charge in [-0.3, -0.25) is 0 Å². The third-order valence-electron chi connectivity index (χ3n) is 3.69. The lowest BCUT2D eigenvalue weighted by molar-refractivity contribution is 0.557. The predicted octanol–water partition coefficient (Wildman–Crippen LogP) is 5.28. The summed E-state index contributed by atoms with van der Waals surface area (Å²) in [5, 5.41) is 3.82. The van der Waals surface area contributed by atoms with Gasteiger partial charge in [-0.2, -0.15) is 0 Å². The van der Waals surface area contributed by atoms with E-state index in [2.05, 4.69) is 15.3 Å². The first-order valence-corrected chi connectivity index (χ1v) is 7.77. The first-order valence-electron chi connectivity index (χ1n) is 7.77. The van der Waals surface area contributed by atoms with Crippen molar-refractivity contribution in [1.82, 2.24) is 9.97 Å². The van der Waals surface area contributed by atoms with Crippen molar-refractivity contribution in [2.24, 2.45) is 0 Å². The normalized spacial score (nSPS) is 11.2. The smallest absolute Gasteiger partial charge is 0.227 e. The molecule has 1 N–H and O–H groups in total. The molecule has 0 saturated carbocycles. The summed E-state index contributed by atoms with van der Waals surface area (Å²) in [5.41, 5.74) is 2.62. The molecule has 4 nitrogen and oxygen atoms in total. The van der Waals surface area contributed by atoms with Gasteiger partial charge in [0.2, 0.25) is 5.95 Å². The quantitative estimate of drug-likeness (QED) is 0.553. The number of halogens is 1. The minimum Gasteiger partial charge on any atom is -0.465 e. The number of furan rings is 1. The van der Waals surface area contributed by atoms with Gasteiger partial charge in [0.1, 0.15) is 11.6 Å². The standard InChI is InChI=1S/C20H14FN3O/c21-16-6-10-19-15(12-16)13-22-20(24-19)23-17-7-3-14(4-8-17)5-9-18-2-1-11-25-18/h1-13H,(H,22,23,24)/b9-5+. The Morgan fingerprint density at radius 1 is 1.00 bits per heavy atom. The molecule has 2 aromatic carbocycles. The second-order valence-electron chi connectivity index (χ2n) is 5.49. The highest BCUT2D eigenvalue weighted by Gasteiger charge is 2.02. The Hall–Kier alpha value is -3.47. The molecule has 4 aromatic rings. The highest BCUT2D eigenvalue weighted by Crippen LogP contribution is 2.18. The summed E-state index contributed by atoms with van der Waals surface area (Å²) in [6.07, 6.45) is 7.14. The molecule has 0 aliphatic rings. The first-order chi connectivity index (χ1) is 12.3. The molecule has 0 amide bonds. The molecule has 0 atom stereocenters. The van der Waals surface area contributed by atoms with E-state index >= 15 is 0 Å². The number of anilines is 2. The van der Waals surface area contributed by atoms with Crippen LogP contribution >= 0.6 is 0 Å². The zero-order valence-electron chi connectivity index (χ0n) is 13.2. The van der Waals surface area contributed by atoms with Crippen LogP contribution in [-0.2, 0) is 0 Å². The zero-order chi connectivity index (χ0) is 17.1. The van der Waals surface area contributed by atoms with Crippen molar-refractivity contribution in [3.05, 3.63) is 84.2 Å². The van der Waals surface area contributed by atoms with Crippen molar-refractivity contribution in [2.75, 3.05) is 5.32 Å². The van der Waals surface area contributed by atoms with E-state index in [9.17, 15) is 4.39 Å². The van der Waals surface area contributed by atoms with E-state index in [0.717, 1.165) is 17.0 Å². The number of nitrogens with zero attached hydrogens (tertiary/aromatic N) is 2. The fourth-order valence-corrected chi connectivity index (χ4v) is 2.44. The van der Waals surface area contributed by atoms with Gasteiger partial charge in [0.05, 0.1) is 11.8 Å². The summed E-state index contributed by atoms with van der Waals surface area (Å²) in [4.78, 5) is 8.61. The SMILES string of the molecule is Fc1ccc2nc(Nc3ccc(/C=C/c4ccco4)cc3)ncc2c1. The van der Waals surface area contributed by atoms with Crippen molar-refractivity contribution in [3.63, 3.8) is 0 Å². The number of aromatic nitrogens is 2. The topological polar surface area (TPSA) is 51.0 Å². The molecule has 122 valence electrons. The third kappa shape index (κ3) is 3.55. The Morgan fingerprint density at radius 3 is 2.68 bits per heavy atom. The molecule has 0 saturated heterocycles. The Labute approximate surface area is 143 Å². The van der Waals surface area contributed by atoms with Crippen molar-refractivity contribution >= 4 is 34.7 Å². The van der Waals surface area contributed by atoms with Gasteiger partial charge < -0.3 is 9.73 Å². The summed E-state index contributed by atoms with van der Waals surface area (Å²) in [7, 11) is 0. The van der Waals surface area contributed by atoms with Gasteiger partial charge in [-0.15, -0.1) is 0 Å². The second kappa shape index (κ2) is 6.57. The van der Waals surface area contributed by atoms with E-state index in [4.69, 9.17) is 4.42 Å². The first kappa shape index (κ1) is 15.1. The summed E-state index contributed by atoms with van der Waals surface area (Å²) in [5.74, 6) is 0.983. The monoisotopic (exact) mass is 331 g/mol. The molecule has 25 heavy (non-hydrogen) atoms. The van der Waals surface area contributed by atoms with Crippen molar-refractivity contribution in [1.29, 1.82) is 0 Å². The largest absolute Gasteiger partial charge is 0.465 e. The lowest BCUT2D eigenvalue weighted by Crippen LogP contribution is -1.97. The minimum atomic E-state index is -0.296. The van der Waals surface area contributed by atoms with E-state index in [0.29, 0.717) is 16.9 Å².